The van der Waals surface area contributed by atoms with Gasteiger partial charge in [0, 0.05) is 19.3 Å². The van der Waals surface area contributed by atoms with Gasteiger partial charge in [-0.05, 0) is 64.2 Å². The van der Waals surface area contributed by atoms with Gasteiger partial charge in [-0.25, -0.2) is 0 Å². The van der Waals surface area contributed by atoms with Gasteiger partial charge in [0.1, 0.15) is 13.2 Å². The Kier molecular flexibility index (Phi) is 57.2. The highest BCUT2D eigenvalue weighted by Crippen LogP contribution is 2.17. The van der Waals surface area contributed by atoms with Gasteiger partial charge in [0.2, 0.25) is 0 Å². The number of hydrogen-bond acceptors (Lipinski definition) is 6. The molecule has 0 N–H and O–H groups in total. The lowest BCUT2D eigenvalue weighted by Crippen LogP contribution is -2.30. The molecule has 0 aliphatic heterocycles. The molecule has 6 nitrogen and oxygen atoms in total. The summed E-state index contributed by atoms with van der Waals surface area (Å²) >= 11 is 0. The lowest BCUT2D eigenvalue weighted by molar-refractivity contribution is -0.167. The molecule has 0 bridgehead atoms. The van der Waals surface area contributed by atoms with Crippen molar-refractivity contribution in [2.45, 2.75) is 322 Å². The number of ether oxygens (including phenoxy) is 3. The molecule has 0 aromatic heterocycles. The molecule has 71 heavy (non-hydrogen) atoms. The molecule has 0 aromatic carbocycles. The van der Waals surface area contributed by atoms with Crippen molar-refractivity contribution >= 4 is 17.9 Å². The van der Waals surface area contributed by atoms with Gasteiger partial charge in [-0.1, -0.05) is 293 Å². The zero-order valence-corrected chi connectivity index (χ0v) is 47.2. The van der Waals surface area contributed by atoms with E-state index in [9.17, 15) is 14.4 Å². The van der Waals surface area contributed by atoms with Crippen LogP contribution in [0.2, 0.25) is 0 Å². The second kappa shape index (κ2) is 59.7. The molecule has 0 saturated heterocycles. The average Bonchev–Trinajstić information content (AvgIpc) is 3.37. The predicted octanol–water partition coefficient (Wildman–Crippen LogP) is 20.8. The Morgan fingerprint density at radius 2 is 0.549 bits per heavy atom. The van der Waals surface area contributed by atoms with Crippen molar-refractivity contribution in [3.05, 3.63) is 60.8 Å². The monoisotopic (exact) mass is 993 g/mol. The van der Waals surface area contributed by atoms with Crippen LogP contribution >= 0.6 is 0 Å². The normalized spacial score (nSPS) is 12.4. The van der Waals surface area contributed by atoms with E-state index < -0.39 is 6.10 Å². The summed E-state index contributed by atoms with van der Waals surface area (Å²) in [5, 5.41) is 0. The SMILES string of the molecule is CC/C=C\C/C=C\C/C=C\C/C=C\C/C=C\CCCCCC(=O)OC[C@H](COC(=O)CCCCCCCCCCCCCCCCCCCCC)OC(=O)CCCCCCCCCCCCCCCCC. The summed E-state index contributed by atoms with van der Waals surface area (Å²) in [4.78, 5) is 38.3. The van der Waals surface area contributed by atoms with E-state index in [0.717, 1.165) is 96.3 Å². The maximum atomic E-state index is 12.9. The summed E-state index contributed by atoms with van der Waals surface area (Å²) in [6.45, 7) is 6.55. The van der Waals surface area contributed by atoms with Crippen LogP contribution in [-0.4, -0.2) is 37.2 Å². The molecule has 0 amide bonds. The average molecular weight is 994 g/mol. The molecule has 0 aliphatic rings. The summed E-state index contributed by atoms with van der Waals surface area (Å²) in [6.07, 6.45) is 75.0. The van der Waals surface area contributed by atoms with E-state index >= 15 is 0 Å². The molecule has 0 rings (SSSR count). The summed E-state index contributed by atoms with van der Waals surface area (Å²) in [7, 11) is 0. The number of rotatable bonds is 56. The number of carbonyl (C=O) groups excluding carboxylic acids is 3. The number of carbonyl (C=O) groups is 3. The first-order valence-electron chi connectivity index (χ1n) is 30.8. The lowest BCUT2D eigenvalue weighted by Gasteiger charge is -2.18. The number of esters is 3. The first kappa shape index (κ1) is 68.1. The van der Waals surface area contributed by atoms with Crippen LogP contribution in [0.25, 0.3) is 0 Å². The Morgan fingerprint density at radius 3 is 0.859 bits per heavy atom. The van der Waals surface area contributed by atoms with Crippen molar-refractivity contribution < 1.29 is 28.6 Å². The van der Waals surface area contributed by atoms with Crippen LogP contribution in [0.3, 0.4) is 0 Å². The largest absolute Gasteiger partial charge is 0.462 e. The number of allylic oxidation sites excluding steroid dienone is 10. The van der Waals surface area contributed by atoms with Crippen molar-refractivity contribution in [2.75, 3.05) is 13.2 Å². The highest BCUT2D eigenvalue weighted by Gasteiger charge is 2.19. The standard InChI is InChI=1S/C65H116O6/c1-4-7-10-13-16-19-22-25-28-30-32-34-37-39-42-45-48-51-54-57-63(66)69-60-62(71-65(68)59-56-53-50-47-44-41-36-27-24-21-18-15-12-9-6-3)61-70-64(67)58-55-52-49-46-43-40-38-35-33-31-29-26-23-20-17-14-11-8-5-2/h7,10,16,19,25,28,32,34,39,42,62H,4-6,8-9,11-15,17-18,20-24,26-27,29-31,33,35-38,40-41,43-61H2,1-3H3/b10-7-,19-16-,28-25-,34-32-,42-39-/t62-/m1/s1. The van der Waals surface area contributed by atoms with Crippen molar-refractivity contribution in [1.82, 2.24) is 0 Å². The molecule has 412 valence electrons. The minimum absolute atomic E-state index is 0.0803. The fourth-order valence-electron chi connectivity index (χ4n) is 8.94. The third kappa shape index (κ3) is 57.9. The molecule has 1 atom stereocenters. The minimum Gasteiger partial charge on any atom is -0.462 e. The van der Waals surface area contributed by atoms with Crippen LogP contribution in [0.5, 0.6) is 0 Å². The molecule has 0 saturated carbocycles. The Balaban J connectivity index is 4.38. The topological polar surface area (TPSA) is 78.9 Å². The van der Waals surface area contributed by atoms with Gasteiger partial charge < -0.3 is 14.2 Å². The van der Waals surface area contributed by atoms with Gasteiger partial charge in [-0.2, -0.15) is 0 Å². The van der Waals surface area contributed by atoms with Gasteiger partial charge >= 0.3 is 17.9 Å². The van der Waals surface area contributed by atoms with Crippen LogP contribution in [0, 0.1) is 0 Å². The van der Waals surface area contributed by atoms with E-state index in [-0.39, 0.29) is 31.1 Å². The van der Waals surface area contributed by atoms with E-state index in [1.165, 1.54) is 180 Å². The molecule has 0 aromatic rings. The lowest BCUT2D eigenvalue weighted by atomic mass is 10.0. The summed E-state index contributed by atoms with van der Waals surface area (Å²) < 4.78 is 16.9. The summed E-state index contributed by atoms with van der Waals surface area (Å²) in [6, 6.07) is 0. The quantitative estimate of drug-likeness (QED) is 0.0261. The van der Waals surface area contributed by atoms with Crippen LogP contribution in [-0.2, 0) is 28.6 Å². The Bertz CT molecular complexity index is 1280. The minimum atomic E-state index is -0.785. The van der Waals surface area contributed by atoms with Gasteiger partial charge in [-0.15, -0.1) is 0 Å². The number of hydrogen-bond donors (Lipinski definition) is 0. The predicted molar refractivity (Wildman–Crippen MR) is 307 cm³/mol. The highest BCUT2D eigenvalue weighted by molar-refractivity contribution is 5.71. The Hall–Kier alpha value is -2.89. The van der Waals surface area contributed by atoms with E-state index in [4.69, 9.17) is 14.2 Å². The molecular weight excluding hydrogens is 877 g/mol. The maximum Gasteiger partial charge on any atom is 0.306 e. The summed E-state index contributed by atoms with van der Waals surface area (Å²) in [5.74, 6) is -0.895. The molecule has 6 heteroatoms. The van der Waals surface area contributed by atoms with E-state index in [1.54, 1.807) is 0 Å². The first-order chi connectivity index (χ1) is 35.0. The number of unbranched alkanes of at least 4 members (excludes halogenated alkanes) is 35. The zero-order valence-electron chi connectivity index (χ0n) is 47.2. The van der Waals surface area contributed by atoms with Crippen molar-refractivity contribution in [2.24, 2.45) is 0 Å². The molecule has 0 heterocycles. The third-order valence-electron chi connectivity index (χ3n) is 13.5. The smallest absolute Gasteiger partial charge is 0.306 e. The fourth-order valence-corrected chi connectivity index (χ4v) is 8.94. The van der Waals surface area contributed by atoms with Crippen LogP contribution in [0.4, 0.5) is 0 Å². The van der Waals surface area contributed by atoms with E-state index in [0.29, 0.717) is 19.3 Å². The molecule has 0 radical (unpaired) electrons. The van der Waals surface area contributed by atoms with Gasteiger partial charge in [0.15, 0.2) is 6.10 Å². The first-order valence-corrected chi connectivity index (χ1v) is 30.8. The van der Waals surface area contributed by atoms with Crippen molar-refractivity contribution in [3.8, 4) is 0 Å². The Morgan fingerprint density at radius 1 is 0.296 bits per heavy atom. The molecule has 0 unspecified atom stereocenters. The fraction of sp³-hybridized carbons (Fsp3) is 0.800. The van der Waals surface area contributed by atoms with Crippen molar-refractivity contribution in [1.29, 1.82) is 0 Å². The maximum absolute atomic E-state index is 12.9. The van der Waals surface area contributed by atoms with Gasteiger partial charge in [0.05, 0.1) is 0 Å². The van der Waals surface area contributed by atoms with Gasteiger partial charge in [0.25, 0.3) is 0 Å². The molecule has 0 spiro atoms. The molecule has 0 aliphatic carbocycles. The zero-order chi connectivity index (χ0) is 51.4. The van der Waals surface area contributed by atoms with Crippen LogP contribution in [0.1, 0.15) is 316 Å². The van der Waals surface area contributed by atoms with Crippen LogP contribution in [0.15, 0.2) is 60.8 Å². The third-order valence-corrected chi connectivity index (χ3v) is 13.5. The van der Waals surface area contributed by atoms with E-state index in [1.807, 2.05) is 0 Å². The molecule has 0 fully saturated rings. The highest BCUT2D eigenvalue weighted by atomic mass is 16.6. The summed E-state index contributed by atoms with van der Waals surface area (Å²) in [5.41, 5.74) is 0. The van der Waals surface area contributed by atoms with Crippen molar-refractivity contribution in [3.63, 3.8) is 0 Å². The van der Waals surface area contributed by atoms with Crippen LogP contribution < -0.4 is 0 Å². The molecular formula is C65H116O6. The Labute approximate surface area is 440 Å². The second-order valence-corrected chi connectivity index (χ2v) is 20.6. The second-order valence-electron chi connectivity index (χ2n) is 20.6. The van der Waals surface area contributed by atoms with E-state index in [2.05, 4.69) is 81.5 Å². The van der Waals surface area contributed by atoms with Gasteiger partial charge in [-0.3, -0.25) is 14.4 Å².